The van der Waals surface area contributed by atoms with Crippen LogP contribution >= 0.6 is 0 Å². The van der Waals surface area contributed by atoms with Gasteiger partial charge in [0.25, 0.3) is 0 Å². The van der Waals surface area contributed by atoms with Gasteiger partial charge in [-0.3, -0.25) is 4.98 Å². The average Bonchev–Trinajstić information content (AvgIpc) is 3.60. The van der Waals surface area contributed by atoms with Gasteiger partial charge < -0.3 is 4.90 Å². The number of aromatic nitrogens is 1. The summed E-state index contributed by atoms with van der Waals surface area (Å²) >= 11 is 0. The normalized spacial score (nSPS) is 12.8. The Hall–Kier alpha value is -8.33. The minimum atomic E-state index is -0.164. The van der Waals surface area contributed by atoms with E-state index in [1.807, 2.05) is 18.5 Å². The van der Waals surface area contributed by atoms with E-state index < -0.39 is 0 Å². The largest absolute Gasteiger partial charge is 0.310 e. The Morgan fingerprint density at radius 3 is 1.45 bits per heavy atom. The number of fused-ring (bicyclic) bond motifs is 6. The number of anilines is 3. The van der Waals surface area contributed by atoms with Gasteiger partial charge in [-0.15, -0.1) is 0 Å². The number of nitrogens with zero attached hydrogens (tertiary/aromatic N) is 2. The molecule has 1 aromatic heterocycles. The molecule has 0 fully saturated rings. The van der Waals surface area contributed by atoms with Gasteiger partial charge in [0, 0.05) is 40.4 Å². The third kappa shape index (κ3) is 6.61. The van der Waals surface area contributed by atoms with Gasteiger partial charge in [-0.05, 0) is 136 Å². The smallest absolute Gasteiger partial charge is 0.0465 e. The first-order valence-corrected chi connectivity index (χ1v) is 22.9. The lowest BCUT2D eigenvalue weighted by atomic mass is 9.81. The van der Waals surface area contributed by atoms with Crippen LogP contribution in [-0.2, 0) is 5.41 Å². The van der Waals surface area contributed by atoms with Crippen LogP contribution in [0.3, 0.4) is 0 Å². The first-order valence-electron chi connectivity index (χ1n) is 22.9. The van der Waals surface area contributed by atoms with Gasteiger partial charge in [-0.2, -0.15) is 0 Å². The van der Waals surface area contributed by atoms with E-state index in [0.29, 0.717) is 0 Å². The molecule has 2 nitrogen and oxygen atoms in total. The summed E-state index contributed by atoms with van der Waals surface area (Å²) < 4.78 is 0. The van der Waals surface area contributed by atoms with Crippen molar-refractivity contribution in [2.45, 2.75) is 19.3 Å². The van der Waals surface area contributed by atoms with Crippen molar-refractivity contribution in [3.63, 3.8) is 0 Å². The van der Waals surface area contributed by atoms with Crippen LogP contribution in [0.1, 0.15) is 36.1 Å². The molecule has 0 saturated heterocycles. The first kappa shape index (κ1) is 39.3. The molecule has 0 aliphatic heterocycles. The molecule has 66 heavy (non-hydrogen) atoms. The summed E-state index contributed by atoms with van der Waals surface area (Å²) in [5.74, 6) is 0. The lowest BCUT2D eigenvalue weighted by Crippen LogP contribution is -2.16. The summed E-state index contributed by atoms with van der Waals surface area (Å²) in [4.78, 5) is 6.79. The lowest BCUT2D eigenvalue weighted by molar-refractivity contribution is 0.660. The molecule has 1 aliphatic rings. The average molecular weight is 843 g/mol. The molecule has 10 aromatic carbocycles. The first-order chi connectivity index (χ1) is 32.5. The zero-order valence-electron chi connectivity index (χ0n) is 37.0. The number of pyridine rings is 1. The molecular weight excluding hydrogens is 797 g/mol. The molecule has 1 heterocycles. The van der Waals surface area contributed by atoms with Crippen LogP contribution in [0.2, 0.25) is 0 Å². The molecule has 0 amide bonds. The maximum atomic E-state index is 4.44. The van der Waals surface area contributed by atoms with Crippen molar-refractivity contribution in [1.29, 1.82) is 0 Å². The summed E-state index contributed by atoms with van der Waals surface area (Å²) in [7, 11) is 0. The Morgan fingerprint density at radius 2 is 0.848 bits per heavy atom. The number of rotatable bonds is 8. The third-order valence-electron chi connectivity index (χ3n) is 13.7. The summed E-state index contributed by atoms with van der Waals surface area (Å²) in [5, 5.41) is 7.45. The molecular formula is C64H46N2. The second-order valence-corrected chi connectivity index (χ2v) is 17.9. The molecule has 2 heteroatoms. The topological polar surface area (TPSA) is 16.1 Å². The van der Waals surface area contributed by atoms with Gasteiger partial charge in [-0.25, -0.2) is 0 Å². The van der Waals surface area contributed by atoms with Crippen LogP contribution in [0.4, 0.5) is 17.1 Å². The molecule has 0 unspecified atom stereocenters. The second kappa shape index (κ2) is 16.0. The van der Waals surface area contributed by atoms with Crippen molar-refractivity contribution in [2.24, 2.45) is 0 Å². The van der Waals surface area contributed by atoms with E-state index in [0.717, 1.165) is 22.6 Å². The zero-order chi connectivity index (χ0) is 44.2. The monoisotopic (exact) mass is 842 g/mol. The van der Waals surface area contributed by atoms with Crippen LogP contribution < -0.4 is 4.90 Å². The molecule has 0 atom stereocenters. The Bertz CT molecular complexity index is 3550. The molecule has 312 valence electrons. The van der Waals surface area contributed by atoms with Gasteiger partial charge in [0.15, 0.2) is 0 Å². The number of para-hydroxylation sites is 2. The minimum absolute atomic E-state index is 0.164. The summed E-state index contributed by atoms with van der Waals surface area (Å²) in [6.07, 6.45) is 8.29. The maximum absolute atomic E-state index is 4.44. The molecule has 0 spiro atoms. The van der Waals surface area contributed by atoms with E-state index >= 15 is 0 Å². The van der Waals surface area contributed by atoms with Crippen LogP contribution in [0, 0.1) is 0 Å². The fourth-order valence-corrected chi connectivity index (χ4v) is 10.6. The van der Waals surface area contributed by atoms with Gasteiger partial charge >= 0.3 is 0 Å². The summed E-state index contributed by atoms with van der Waals surface area (Å²) in [6.45, 7) is 4.73. The highest BCUT2D eigenvalue weighted by molar-refractivity contribution is 6.24. The molecule has 12 rings (SSSR count). The Morgan fingerprint density at radius 1 is 0.364 bits per heavy atom. The Kier molecular flexibility index (Phi) is 9.54. The van der Waals surface area contributed by atoms with E-state index in [1.165, 1.54) is 93.5 Å². The SMILES string of the molecule is CC1(C)c2cc(C=Cc3ccc(-c4c5ccccc5c(-c5ccc(-c6cccnc6)c6ccccc56)c5ccccc45)cc3)ccc2-c2ccc(N(c3ccccc3)c3ccccc3)cc21. The minimum Gasteiger partial charge on any atom is -0.310 e. The fourth-order valence-electron chi connectivity index (χ4n) is 10.6. The summed E-state index contributed by atoms with van der Waals surface area (Å²) in [5.41, 5.74) is 18.3. The highest BCUT2D eigenvalue weighted by Gasteiger charge is 2.36. The zero-order valence-corrected chi connectivity index (χ0v) is 37.0. The van der Waals surface area contributed by atoms with Gasteiger partial charge in [0.1, 0.15) is 0 Å². The highest BCUT2D eigenvalue weighted by Crippen LogP contribution is 2.51. The molecule has 1 aliphatic carbocycles. The fraction of sp³-hybridized carbons (Fsp3) is 0.0469. The standard InChI is InChI=1S/C64H46N2/c1-64(2)60-40-44(31-35-53(60)54-36-34-49(41-61(54)64)66(47-17-5-3-6-18-47)48-19-7-4-8-20-48)28-27-43-29-32-45(33-30-43)62-55-23-11-13-25-57(55)63(58-26-14-12-24-56(58)62)59-38-37-50(46-16-15-39-65-42-46)51-21-9-10-22-52(51)59/h3-42H,1-2H3. The Labute approximate surface area is 386 Å². The predicted octanol–water partition coefficient (Wildman–Crippen LogP) is 17.5. The predicted molar refractivity (Wildman–Crippen MR) is 281 cm³/mol. The number of benzene rings is 10. The van der Waals surface area contributed by atoms with Crippen molar-refractivity contribution >= 4 is 61.5 Å². The maximum Gasteiger partial charge on any atom is 0.0465 e. The van der Waals surface area contributed by atoms with E-state index in [2.05, 4.69) is 248 Å². The molecule has 0 radical (unpaired) electrons. The summed E-state index contributed by atoms with van der Waals surface area (Å²) in [6, 6.07) is 79.7. The molecule has 0 bridgehead atoms. The van der Waals surface area contributed by atoms with Crippen molar-refractivity contribution < 1.29 is 0 Å². The Balaban J connectivity index is 0.875. The van der Waals surface area contributed by atoms with Crippen LogP contribution in [-0.4, -0.2) is 4.98 Å². The lowest BCUT2D eigenvalue weighted by Gasteiger charge is -2.28. The van der Waals surface area contributed by atoms with Crippen LogP contribution in [0.15, 0.2) is 231 Å². The van der Waals surface area contributed by atoms with E-state index in [4.69, 9.17) is 0 Å². The van der Waals surface area contributed by atoms with Crippen molar-refractivity contribution in [2.75, 3.05) is 4.90 Å². The van der Waals surface area contributed by atoms with Gasteiger partial charge in [-0.1, -0.05) is 202 Å². The molecule has 0 N–H and O–H groups in total. The van der Waals surface area contributed by atoms with Crippen LogP contribution in [0.5, 0.6) is 0 Å². The number of hydrogen-bond acceptors (Lipinski definition) is 2. The van der Waals surface area contributed by atoms with Crippen molar-refractivity contribution in [1.82, 2.24) is 4.98 Å². The van der Waals surface area contributed by atoms with E-state index in [1.54, 1.807) is 0 Å². The van der Waals surface area contributed by atoms with Gasteiger partial charge in [0.2, 0.25) is 0 Å². The van der Waals surface area contributed by atoms with Crippen molar-refractivity contribution in [3.05, 3.63) is 253 Å². The van der Waals surface area contributed by atoms with Gasteiger partial charge in [0.05, 0.1) is 0 Å². The third-order valence-corrected chi connectivity index (χ3v) is 13.7. The quantitative estimate of drug-likeness (QED) is 0.112. The van der Waals surface area contributed by atoms with Crippen molar-refractivity contribution in [3.8, 4) is 44.5 Å². The van der Waals surface area contributed by atoms with E-state index in [9.17, 15) is 0 Å². The number of hydrogen-bond donors (Lipinski definition) is 0. The molecule has 11 aromatic rings. The molecule has 0 saturated carbocycles. The van der Waals surface area contributed by atoms with Crippen LogP contribution in [0.25, 0.3) is 89.0 Å². The highest BCUT2D eigenvalue weighted by atomic mass is 15.1. The second-order valence-electron chi connectivity index (χ2n) is 17.9. The van der Waals surface area contributed by atoms with E-state index in [-0.39, 0.29) is 5.41 Å².